The number of rotatable bonds is 4. The Balaban J connectivity index is 1.57. The molecule has 4 aromatic rings. The third-order valence-corrected chi connectivity index (χ3v) is 7.08. The summed E-state index contributed by atoms with van der Waals surface area (Å²) in [6, 6.07) is 18.2. The molecule has 2 aromatic carbocycles. The van der Waals surface area contributed by atoms with Crippen LogP contribution in [-0.4, -0.2) is 38.5 Å². The Labute approximate surface area is 165 Å². The van der Waals surface area contributed by atoms with Crippen molar-refractivity contribution in [3.8, 4) is 0 Å². The Kier molecular flexibility index (Phi) is 4.33. The molecule has 1 aliphatic rings. The normalized spacial score (nSPS) is 15.6. The van der Waals surface area contributed by atoms with Crippen molar-refractivity contribution >= 4 is 44.2 Å². The molecule has 1 saturated heterocycles. The molecule has 0 saturated carbocycles. The van der Waals surface area contributed by atoms with E-state index in [1.54, 1.807) is 11.3 Å². The van der Waals surface area contributed by atoms with Gasteiger partial charge in [0.25, 0.3) is 0 Å². The standard InChI is InChI=1S/C20H18N4OS2/c25-18(23-12-6-7-13-23)17(14-8-2-1-3-9-14)27-20-22-21-19-24(20)15-10-4-5-11-16(15)26-19/h1-5,8-11,17H,6-7,12-13H2. The van der Waals surface area contributed by atoms with Crippen LogP contribution < -0.4 is 0 Å². The summed E-state index contributed by atoms with van der Waals surface area (Å²) < 4.78 is 3.24. The van der Waals surface area contributed by atoms with Crippen LogP contribution in [-0.2, 0) is 4.79 Å². The van der Waals surface area contributed by atoms with Gasteiger partial charge in [-0.1, -0.05) is 65.6 Å². The highest BCUT2D eigenvalue weighted by Gasteiger charge is 2.30. The average molecular weight is 395 g/mol. The average Bonchev–Trinajstić information content (AvgIpc) is 3.43. The number of aromatic nitrogens is 3. The van der Waals surface area contributed by atoms with Crippen LogP contribution in [0.25, 0.3) is 15.2 Å². The molecule has 0 bridgehead atoms. The summed E-state index contributed by atoms with van der Waals surface area (Å²) in [7, 11) is 0. The Hall–Kier alpha value is -2.38. The van der Waals surface area contributed by atoms with E-state index in [-0.39, 0.29) is 11.2 Å². The molecule has 7 heteroatoms. The maximum atomic E-state index is 13.3. The van der Waals surface area contributed by atoms with Crippen molar-refractivity contribution < 1.29 is 4.79 Å². The van der Waals surface area contributed by atoms with Gasteiger partial charge in [-0.25, -0.2) is 0 Å². The maximum absolute atomic E-state index is 13.3. The molecule has 5 rings (SSSR count). The highest BCUT2D eigenvalue weighted by atomic mass is 32.2. The minimum absolute atomic E-state index is 0.167. The monoisotopic (exact) mass is 394 g/mol. The van der Waals surface area contributed by atoms with Gasteiger partial charge in [-0.3, -0.25) is 9.20 Å². The summed E-state index contributed by atoms with van der Waals surface area (Å²) in [5.41, 5.74) is 2.10. The number of hydrogen-bond acceptors (Lipinski definition) is 5. The highest BCUT2D eigenvalue weighted by molar-refractivity contribution is 8.00. The van der Waals surface area contributed by atoms with Crippen molar-refractivity contribution in [3.05, 3.63) is 60.2 Å². The Morgan fingerprint density at radius 2 is 1.74 bits per heavy atom. The fourth-order valence-corrected chi connectivity index (χ4v) is 5.68. The van der Waals surface area contributed by atoms with Crippen LogP contribution >= 0.6 is 23.1 Å². The second-order valence-corrected chi connectivity index (χ2v) is 8.69. The molecule has 1 unspecified atom stereocenters. The fourth-order valence-electron chi connectivity index (χ4n) is 3.53. The molecule has 1 atom stereocenters. The van der Waals surface area contributed by atoms with Gasteiger partial charge in [0.2, 0.25) is 10.9 Å². The quantitative estimate of drug-likeness (QED) is 0.482. The number of hydrogen-bond donors (Lipinski definition) is 0. The van der Waals surface area contributed by atoms with Gasteiger partial charge in [-0.05, 0) is 30.5 Å². The molecule has 136 valence electrons. The molecule has 1 amide bonds. The van der Waals surface area contributed by atoms with Crippen molar-refractivity contribution in [2.45, 2.75) is 23.2 Å². The van der Waals surface area contributed by atoms with Gasteiger partial charge in [-0.15, -0.1) is 10.2 Å². The topological polar surface area (TPSA) is 50.5 Å². The van der Waals surface area contributed by atoms with Crippen LogP contribution in [0.1, 0.15) is 23.7 Å². The number of thiazole rings is 1. The molecule has 0 aliphatic carbocycles. The summed E-state index contributed by atoms with van der Waals surface area (Å²) in [5.74, 6) is 0.167. The third kappa shape index (κ3) is 3.00. The van der Waals surface area contributed by atoms with E-state index in [9.17, 15) is 4.79 Å². The van der Waals surface area contributed by atoms with Crippen molar-refractivity contribution in [3.63, 3.8) is 0 Å². The second kappa shape index (κ2) is 6.98. The fraction of sp³-hybridized carbons (Fsp3) is 0.250. The number of carbonyl (C=O) groups is 1. The minimum Gasteiger partial charge on any atom is -0.341 e. The Bertz CT molecular complexity index is 1100. The Morgan fingerprint density at radius 1 is 1.00 bits per heavy atom. The van der Waals surface area contributed by atoms with Crippen molar-refractivity contribution in [2.75, 3.05) is 13.1 Å². The summed E-state index contributed by atoms with van der Waals surface area (Å²) in [6.45, 7) is 1.69. The van der Waals surface area contributed by atoms with E-state index in [2.05, 4.69) is 26.7 Å². The number of likely N-dealkylation sites (tertiary alicyclic amines) is 1. The molecular formula is C20H18N4OS2. The van der Waals surface area contributed by atoms with E-state index >= 15 is 0 Å². The molecule has 5 nitrogen and oxygen atoms in total. The summed E-state index contributed by atoms with van der Waals surface area (Å²) in [5, 5.41) is 9.20. The van der Waals surface area contributed by atoms with Gasteiger partial charge in [0.05, 0.1) is 10.2 Å². The van der Waals surface area contributed by atoms with E-state index < -0.39 is 0 Å². The number of amides is 1. The minimum atomic E-state index is -0.310. The van der Waals surface area contributed by atoms with E-state index in [1.165, 1.54) is 16.5 Å². The number of benzene rings is 2. The lowest BCUT2D eigenvalue weighted by atomic mass is 10.1. The first-order chi connectivity index (χ1) is 13.3. The highest BCUT2D eigenvalue weighted by Crippen LogP contribution is 2.39. The zero-order chi connectivity index (χ0) is 18.2. The first-order valence-electron chi connectivity index (χ1n) is 9.04. The van der Waals surface area contributed by atoms with Crippen LogP contribution in [0.15, 0.2) is 59.8 Å². The lowest BCUT2D eigenvalue weighted by Crippen LogP contribution is -2.31. The second-order valence-electron chi connectivity index (χ2n) is 6.61. The van der Waals surface area contributed by atoms with Gasteiger partial charge < -0.3 is 4.90 Å². The summed E-state index contributed by atoms with van der Waals surface area (Å²) in [6.07, 6.45) is 2.17. The zero-order valence-electron chi connectivity index (χ0n) is 14.6. The lowest BCUT2D eigenvalue weighted by Gasteiger charge is -2.22. The predicted octanol–water partition coefficient (Wildman–Crippen LogP) is 4.40. The SMILES string of the molecule is O=C(C(Sc1nnc2sc3ccccc3n12)c1ccccc1)N1CCCC1. The molecule has 1 aliphatic heterocycles. The van der Waals surface area contributed by atoms with E-state index in [0.29, 0.717) is 0 Å². The molecule has 0 spiro atoms. The van der Waals surface area contributed by atoms with Gasteiger partial charge in [0.15, 0.2) is 5.16 Å². The number of thioether (sulfide) groups is 1. The largest absolute Gasteiger partial charge is 0.341 e. The summed E-state index contributed by atoms with van der Waals surface area (Å²) in [4.78, 5) is 16.1. The van der Waals surface area contributed by atoms with Gasteiger partial charge in [0.1, 0.15) is 5.25 Å². The number of nitrogens with zero attached hydrogens (tertiary/aromatic N) is 4. The van der Waals surface area contributed by atoms with Crippen LogP contribution in [0.5, 0.6) is 0 Å². The molecule has 27 heavy (non-hydrogen) atoms. The van der Waals surface area contributed by atoms with Gasteiger partial charge >= 0.3 is 0 Å². The predicted molar refractivity (Wildman–Crippen MR) is 109 cm³/mol. The first kappa shape index (κ1) is 16.8. The molecule has 2 aromatic heterocycles. The molecule has 0 radical (unpaired) electrons. The van der Waals surface area contributed by atoms with Crippen molar-refractivity contribution in [1.82, 2.24) is 19.5 Å². The van der Waals surface area contributed by atoms with Gasteiger partial charge in [-0.2, -0.15) is 0 Å². The zero-order valence-corrected chi connectivity index (χ0v) is 16.2. The van der Waals surface area contributed by atoms with E-state index in [1.807, 2.05) is 47.4 Å². The van der Waals surface area contributed by atoms with E-state index in [4.69, 9.17) is 0 Å². The number of carbonyl (C=O) groups excluding carboxylic acids is 1. The summed E-state index contributed by atoms with van der Waals surface area (Å²) >= 11 is 3.12. The first-order valence-corrected chi connectivity index (χ1v) is 10.7. The van der Waals surface area contributed by atoms with Crippen LogP contribution in [0.2, 0.25) is 0 Å². The van der Waals surface area contributed by atoms with Gasteiger partial charge in [0, 0.05) is 13.1 Å². The van der Waals surface area contributed by atoms with Crippen molar-refractivity contribution in [1.29, 1.82) is 0 Å². The lowest BCUT2D eigenvalue weighted by molar-refractivity contribution is -0.129. The number of para-hydroxylation sites is 1. The van der Waals surface area contributed by atoms with Crippen LogP contribution in [0, 0.1) is 0 Å². The molecule has 3 heterocycles. The third-order valence-electron chi connectivity index (χ3n) is 4.88. The molecule has 0 N–H and O–H groups in total. The Morgan fingerprint density at radius 3 is 2.56 bits per heavy atom. The molecule has 1 fully saturated rings. The van der Waals surface area contributed by atoms with Crippen LogP contribution in [0.4, 0.5) is 0 Å². The van der Waals surface area contributed by atoms with Crippen molar-refractivity contribution in [2.24, 2.45) is 0 Å². The number of fused-ring (bicyclic) bond motifs is 3. The maximum Gasteiger partial charge on any atom is 0.240 e. The smallest absolute Gasteiger partial charge is 0.240 e. The van der Waals surface area contributed by atoms with Crippen LogP contribution in [0.3, 0.4) is 0 Å². The molecular weight excluding hydrogens is 376 g/mol. The van der Waals surface area contributed by atoms with E-state index in [0.717, 1.165) is 47.1 Å².